The maximum Gasteiger partial charge on any atom is 0.243 e. The molecule has 0 unspecified atom stereocenters. The standard InChI is InChI=1S/C20H25FN4O2.HI/c1-3-22-20(23-13-15-8-5-6-11-18(15)27-4-2)24-14-19(26)25-17-10-7-9-16(21)12-17;/h5-12H,3-4,13-14H2,1-2H3,(H,25,26)(H2,22,23,24);1H. The minimum atomic E-state index is -0.399. The number of carbonyl (C=O) groups is 1. The number of hydrogen-bond donors (Lipinski definition) is 3. The molecule has 0 aliphatic carbocycles. The summed E-state index contributed by atoms with van der Waals surface area (Å²) in [5.41, 5.74) is 1.37. The van der Waals surface area contributed by atoms with Crippen LogP contribution in [0.25, 0.3) is 0 Å². The second-order valence-electron chi connectivity index (χ2n) is 5.65. The van der Waals surface area contributed by atoms with Crippen molar-refractivity contribution >= 4 is 41.5 Å². The Balaban J connectivity index is 0.00000392. The Kier molecular flexibility index (Phi) is 10.9. The quantitative estimate of drug-likeness (QED) is 0.295. The minimum Gasteiger partial charge on any atom is -0.494 e. The van der Waals surface area contributed by atoms with Gasteiger partial charge in [0.2, 0.25) is 5.91 Å². The molecule has 28 heavy (non-hydrogen) atoms. The van der Waals surface area contributed by atoms with E-state index in [9.17, 15) is 9.18 Å². The number of hydrogen-bond acceptors (Lipinski definition) is 3. The van der Waals surface area contributed by atoms with Gasteiger partial charge in [0.05, 0.1) is 19.7 Å². The Bertz CT molecular complexity index is 786. The van der Waals surface area contributed by atoms with E-state index in [0.717, 1.165) is 11.3 Å². The number of halogens is 2. The molecule has 1 amide bonds. The van der Waals surface area contributed by atoms with Gasteiger partial charge in [-0.15, -0.1) is 24.0 Å². The van der Waals surface area contributed by atoms with Gasteiger partial charge in [0, 0.05) is 17.8 Å². The number of benzene rings is 2. The summed E-state index contributed by atoms with van der Waals surface area (Å²) in [6, 6.07) is 13.5. The van der Waals surface area contributed by atoms with Crippen LogP contribution in [0.3, 0.4) is 0 Å². The van der Waals surface area contributed by atoms with Crippen LogP contribution in [0.1, 0.15) is 19.4 Å². The molecule has 0 aliphatic rings. The topological polar surface area (TPSA) is 74.8 Å². The van der Waals surface area contributed by atoms with E-state index in [-0.39, 0.29) is 36.4 Å². The Labute approximate surface area is 182 Å². The van der Waals surface area contributed by atoms with E-state index in [1.165, 1.54) is 12.1 Å². The fourth-order valence-corrected chi connectivity index (χ4v) is 2.37. The highest BCUT2D eigenvalue weighted by atomic mass is 127. The maximum atomic E-state index is 13.2. The van der Waals surface area contributed by atoms with Crippen LogP contribution in [0.4, 0.5) is 10.1 Å². The van der Waals surface area contributed by atoms with E-state index in [1.54, 1.807) is 12.1 Å². The van der Waals surface area contributed by atoms with Crippen LogP contribution in [0, 0.1) is 5.82 Å². The first-order valence-electron chi connectivity index (χ1n) is 8.90. The van der Waals surface area contributed by atoms with Crippen LogP contribution >= 0.6 is 24.0 Å². The number of carbonyl (C=O) groups excluding carboxylic acids is 1. The number of para-hydroxylation sites is 1. The van der Waals surface area contributed by atoms with Gasteiger partial charge in [-0.1, -0.05) is 24.3 Å². The lowest BCUT2D eigenvalue weighted by atomic mass is 10.2. The van der Waals surface area contributed by atoms with Gasteiger partial charge in [0.15, 0.2) is 5.96 Å². The zero-order valence-corrected chi connectivity index (χ0v) is 18.3. The number of ether oxygens (including phenoxy) is 1. The Morgan fingerprint density at radius 3 is 2.61 bits per heavy atom. The van der Waals surface area contributed by atoms with E-state index < -0.39 is 5.82 Å². The molecule has 0 fully saturated rings. The number of guanidine groups is 1. The predicted octanol–water partition coefficient (Wildman–Crippen LogP) is 3.54. The van der Waals surface area contributed by atoms with Gasteiger partial charge in [0.1, 0.15) is 11.6 Å². The molecule has 8 heteroatoms. The summed E-state index contributed by atoms with van der Waals surface area (Å²) < 4.78 is 18.8. The van der Waals surface area contributed by atoms with E-state index in [4.69, 9.17) is 4.74 Å². The number of amides is 1. The molecule has 2 aromatic rings. The lowest BCUT2D eigenvalue weighted by Crippen LogP contribution is -2.41. The SMILES string of the molecule is CCNC(=NCc1ccccc1OCC)NCC(=O)Nc1cccc(F)c1.I. The molecule has 2 aromatic carbocycles. The van der Waals surface area contributed by atoms with Crippen molar-refractivity contribution in [3.8, 4) is 5.75 Å². The smallest absolute Gasteiger partial charge is 0.243 e. The Morgan fingerprint density at radius 2 is 1.89 bits per heavy atom. The van der Waals surface area contributed by atoms with Crippen LogP contribution in [0.15, 0.2) is 53.5 Å². The zero-order valence-electron chi connectivity index (χ0n) is 16.0. The van der Waals surface area contributed by atoms with E-state index >= 15 is 0 Å². The number of anilines is 1. The average molecular weight is 500 g/mol. The molecule has 0 spiro atoms. The molecule has 0 heterocycles. The number of nitrogens with one attached hydrogen (secondary N) is 3. The predicted molar refractivity (Wildman–Crippen MR) is 121 cm³/mol. The molecule has 0 saturated carbocycles. The summed E-state index contributed by atoms with van der Waals surface area (Å²) in [5.74, 6) is 0.617. The first-order valence-corrected chi connectivity index (χ1v) is 8.90. The molecule has 2 rings (SSSR count). The minimum absolute atomic E-state index is 0. The van der Waals surface area contributed by atoms with Crippen molar-refractivity contribution in [2.45, 2.75) is 20.4 Å². The van der Waals surface area contributed by atoms with Gasteiger partial charge in [-0.05, 0) is 38.1 Å². The monoisotopic (exact) mass is 500 g/mol. The lowest BCUT2D eigenvalue weighted by Gasteiger charge is -2.13. The van der Waals surface area contributed by atoms with Crippen LogP contribution in [0.2, 0.25) is 0 Å². The fraction of sp³-hybridized carbons (Fsp3) is 0.300. The summed E-state index contributed by atoms with van der Waals surface area (Å²) in [6.45, 7) is 5.54. The molecule has 0 aromatic heterocycles. The first-order chi connectivity index (χ1) is 13.1. The average Bonchev–Trinajstić information content (AvgIpc) is 2.65. The second kappa shape index (κ2) is 12.9. The van der Waals surface area contributed by atoms with Gasteiger partial charge in [-0.3, -0.25) is 4.79 Å². The van der Waals surface area contributed by atoms with E-state index in [1.807, 2.05) is 38.1 Å². The summed E-state index contributed by atoms with van der Waals surface area (Å²) in [4.78, 5) is 16.5. The molecule has 152 valence electrons. The molecule has 0 aliphatic heterocycles. The Morgan fingerprint density at radius 1 is 1.11 bits per heavy atom. The van der Waals surface area contributed by atoms with Gasteiger partial charge < -0.3 is 20.7 Å². The summed E-state index contributed by atoms with van der Waals surface area (Å²) in [5, 5.41) is 8.70. The van der Waals surface area contributed by atoms with E-state index in [2.05, 4.69) is 20.9 Å². The van der Waals surface area contributed by atoms with Crippen molar-refractivity contribution in [3.05, 3.63) is 59.9 Å². The Hall–Kier alpha value is -2.36. The van der Waals surface area contributed by atoms with E-state index in [0.29, 0.717) is 31.3 Å². The third-order valence-electron chi connectivity index (χ3n) is 3.55. The highest BCUT2D eigenvalue weighted by Gasteiger charge is 2.06. The third-order valence-corrected chi connectivity index (χ3v) is 3.55. The maximum absolute atomic E-state index is 13.2. The van der Waals surface area contributed by atoms with Crippen LogP contribution in [-0.4, -0.2) is 31.6 Å². The molecule has 6 nitrogen and oxygen atoms in total. The molecule has 0 radical (unpaired) electrons. The summed E-state index contributed by atoms with van der Waals surface area (Å²) >= 11 is 0. The normalized spacial score (nSPS) is 10.6. The number of aliphatic imine (C=N–C) groups is 1. The van der Waals surface area contributed by atoms with Crippen LogP contribution in [0.5, 0.6) is 5.75 Å². The number of nitrogens with zero attached hydrogens (tertiary/aromatic N) is 1. The van der Waals surface area contributed by atoms with Crippen molar-refractivity contribution < 1.29 is 13.9 Å². The van der Waals surface area contributed by atoms with Crippen molar-refractivity contribution in [1.82, 2.24) is 10.6 Å². The molecule has 0 bridgehead atoms. The van der Waals surface area contributed by atoms with Crippen LogP contribution in [-0.2, 0) is 11.3 Å². The summed E-state index contributed by atoms with van der Waals surface area (Å²) in [6.07, 6.45) is 0. The number of rotatable bonds is 8. The third kappa shape index (κ3) is 8.12. The lowest BCUT2D eigenvalue weighted by molar-refractivity contribution is -0.115. The van der Waals surface area contributed by atoms with Crippen molar-refractivity contribution in [2.24, 2.45) is 4.99 Å². The largest absolute Gasteiger partial charge is 0.494 e. The van der Waals surface area contributed by atoms with Gasteiger partial charge in [-0.25, -0.2) is 9.38 Å². The molecule has 0 saturated heterocycles. The highest BCUT2D eigenvalue weighted by molar-refractivity contribution is 14.0. The molecular formula is C20H26FIN4O2. The first kappa shape index (κ1) is 23.7. The molecule has 0 atom stereocenters. The van der Waals surface area contributed by atoms with Crippen molar-refractivity contribution in [3.63, 3.8) is 0 Å². The summed E-state index contributed by atoms with van der Waals surface area (Å²) in [7, 11) is 0. The fourth-order valence-electron chi connectivity index (χ4n) is 2.37. The zero-order chi connectivity index (χ0) is 19.5. The van der Waals surface area contributed by atoms with Crippen molar-refractivity contribution in [2.75, 3.05) is 25.0 Å². The molecular weight excluding hydrogens is 474 g/mol. The van der Waals surface area contributed by atoms with Crippen LogP contribution < -0.4 is 20.7 Å². The van der Waals surface area contributed by atoms with Crippen molar-refractivity contribution in [1.29, 1.82) is 0 Å². The van der Waals surface area contributed by atoms with Gasteiger partial charge in [-0.2, -0.15) is 0 Å². The van der Waals surface area contributed by atoms with Gasteiger partial charge >= 0.3 is 0 Å². The highest BCUT2D eigenvalue weighted by Crippen LogP contribution is 2.18. The second-order valence-corrected chi connectivity index (χ2v) is 5.65. The molecule has 3 N–H and O–H groups in total. The van der Waals surface area contributed by atoms with Gasteiger partial charge in [0.25, 0.3) is 0 Å².